The molecule has 0 atom stereocenters. The predicted octanol–water partition coefficient (Wildman–Crippen LogP) is 2.61. The molecule has 0 bridgehead atoms. The summed E-state index contributed by atoms with van der Waals surface area (Å²) in [6.07, 6.45) is 4.26. The van der Waals surface area contributed by atoms with Crippen LogP contribution in [0.1, 0.15) is 26.7 Å². The van der Waals surface area contributed by atoms with Crippen molar-refractivity contribution < 1.29 is 0 Å². The second-order valence-electron chi connectivity index (χ2n) is 5.09. The standard InChI is InChI=1S/C11H14ClN5/c1-11(2,6-3-4-6)16-8-7-5-13-17-9(7)15-10(12)14-8/h5-6H,3-4H2,1-2H3,(H2,13,14,15,16,17). The maximum atomic E-state index is 5.89. The van der Waals surface area contributed by atoms with Gasteiger partial charge in [0, 0.05) is 5.54 Å². The zero-order chi connectivity index (χ0) is 12.0. The van der Waals surface area contributed by atoms with Gasteiger partial charge >= 0.3 is 0 Å². The van der Waals surface area contributed by atoms with E-state index in [2.05, 4.69) is 39.3 Å². The quantitative estimate of drug-likeness (QED) is 0.823. The summed E-state index contributed by atoms with van der Waals surface area (Å²) in [5, 5.41) is 11.3. The van der Waals surface area contributed by atoms with Crippen molar-refractivity contribution in [2.24, 2.45) is 5.92 Å². The number of hydrogen-bond donors (Lipinski definition) is 2. The van der Waals surface area contributed by atoms with E-state index in [1.54, 1.807) is 6.20 Å². The van der Waals surface area contributed by atoms with E-state index in [9.17, 15) is 0 Å². The SMILES string of the molecule is CC(C)(Nc1nc(Cl)nc2[nH]ncc12)C1CC1. The van der Waals surface area contributed by atoms with Crippen molar-refractivity contribution in [2.75, 3.05) is 5.32 Å². The number of H-pyrrole nitrogens is 1. The number of rotatable bonds is 3. The van der Waals surface area contributed by atoms with E-state index in [4.69, 9.17) is 11.6 Å². The summed E-state index contributed by atoms with van der Waals surface area (Å²) in [5.74, 6) is 1.46. The van der Waals surface area contributed by atoms with Gasteiger partial charge in [0.15, 0.2) is 5.65 Å². The van der Waals surface area contributed by atoms with Crippen LogP contribution in [-0.2, 0) is 0 Å². The molecule has 6 heteroatoms. The lowest BCUT2D eigenvalue weighted by Gasteiger charge is -2.27. The number of aromatic amines is 1. The maximum absolute atomic E-state index is 5.89. The van der Waals surface area contributed by atoms with Crippen molar-refractivity contribution in [1.29, 1.82) is 0 Å². The first-order valence-corrected chi connectivity index (χ1v) is 6.09. The minimum atomic E-state index is 0.0296. The second kappa shape index (κ2) is 3.57. The molecule has 2 aromatic heterocycles. The number of fused-ring (bicyclic) bond motifs is 1. The van der Waals surface area contributed by atoms with Gasteiger partial charge in [-0.1, -0.05) is 0 Å². The first kappa shape index (κ1) is 10.8. The van der Waals surface area contributed by atoms with Gasteiger partial charge in [0.05, 0.1) is 11.6 Å². The summed E-state index contributed by atoms with van der Waals surface area (Å²) < 4.78 is 0. The lowest BCUT2D eigenvalue weighted by molar-refractivity contribution is 0.493. The van der Waals surface area contributed by atoms with Gasteiger partial charge in [-0.25, -0.2) is 0 Å². The highest BCUT2D eigenvalue weighted by molar-refractivity contribution is 6.28. The highest BCUT2D eigenvalue weighted by atomic mass is 35.5. The summed E-state index contributed by atoms with van der Waals surface area (Å²) in [5.41, 5.74) is 0.695. The monoisotopic (exact) mass is 251 g/mol. The molecule has 2 N–H and O–H groups in total. The van der Waals surface area contributed by atoms with Crippen LogP contribution in [0.25, 0.3) is 11.0 Å². The number of nitrogens with zero attached hydrogens (tertiary/aromatic N) is 3. The van der Waals surface area contributed by atoms with Gasteiger partial charge in [0.2, 0.25) is 5.28 Å². The Bertz CT molecular complexity index is 558. The number of aromatic nitrogens is 4. The molecule has 1 aliphatic carbocycles. The van der Waals surface area contributed by atoms with Crippen LogP contribution in [0.3, 0.4) is 0 Å². The molecule has 0 aromatic carbocycles. The molecule has 0 radical (unpaired) electrons. The highest BCUT2D eigenvalue weighted by Gasteiger charge is 2.38. The highest BCUT2D eigenvalue weighted by Crippen LogP contribution is 2.41. The average Bonchev–Trinajstić information content (AvgIpc) is 2.99. The molecular weight excluding hydrogens is 238 g/mol. The third kappa shape index (κ3) is 1.95. The van der Waals surface area contributed by atoms with E-state index in [1.807, 2.05) is 0 Å². The molecule has 90 valence electrons. The molecule has 3 rings (SSSR count). The Morgan fingerprint density at radius 3 is 2.88 bits per heavy atom. The Kier molecular flexibility index (Phi) is 2.26. The van der Waals surface area contributed by atoms with Crippen LogP contribution in [-0.4, -0.2) is 25.7 Å². The Morgan fingerprint density at radius 1 is 1.41 bits per heavy atom. The predicted molar refractivity (Wildman–Crippen MR) is 67.1 cm³/mol. The van der Waals surface area contributed by atoms with Crippen molar-refractivity contribution in [2.45, 2.75) is 32.2 Å². The zero-order valence-electron chi connectivity index (χ0n) is 9.79. The van der Waals surface area contributed by atoms with E-state index in [0.29, 0.717) is 11.6 Å². The zero-order valence-corrected chi connectivity index (χ0v) is 10.5. The lowest BCUT2D eigenvalue weighted by Crippen LogP contribution is -2.33. The van der Waals surface area contributed by atoms with Crippen LogP contribution in [0.5, 0.6) is 0 Å². The Labute approximate surface area is 104 Å². The molecule has 1 saturated carbocycles. The number of anilines is 1. The molecule has 2 aromatic rings. The minimum absolute atomic E-state index is 0.0296. The summed E-state index contributed by atoms with van der Waals surface area (Å²) >= 11 is 5.89. The second-order valence-corrected chi connectivity index (χ2v) is 5.43. The van der Waals surface area contributed by atoms with Gasteiger partial charge in [-0.3, -0.25) is 5.10 Å². The van der Waals surface area contributed by atoms with Crippen LogP contribution in [0.4, 0.5) is 5.82 Å². The van der Waals surface area contributed by atoms with Gasteiger partial charge in [0.25, 0.3) is 0 Å². The fourth-order valence-electron chi connectivity index (χ4n) is 2.12. The summed E-state index contributed by atoms with van der Waals surface area (Å²) in [6.45, 7) is 4.37. The van der Waals surface area contributed by atoms with Gasteiger partial charge in [-0.05, 0) is 44.2 Å². The Morgan fingerprint density at radius 2 is 2.18 bits per heavy atom. The first-order valence-electron chi connectivity index (χ1n) is 5.71. The van der Waals surface area contributed by atoms with Crippen molar-refractivity contribution in [3.63, 3.8) is 0 Å². The average molecular weight is 252 g/mol. The third-order valence-electron chi connectivity index (χ3n) is 3.32. The van der Waals surface area contributed by atoms with Crippen molar-refractivity contribution in [1.82, 2.24) is 20.2 Å². The molecule has 0 saturated heterocycles. The van der Waals surface area contributed by atoms with E-state index in [1.165, 1.54) is 12.8 Å². The molecule has 0 aliphatic heterocycles. The number of hydrogen-bond acceptors (Lipinski definition) is 4. The first-order chi connectivity index (χ1) is 8.06. The smallest absolute Gasteiger partial charge is 0.226 e. The lowest BCUT2D eigenvalue weighted by atomic mass is 9.99. The largest absolute Gasteiger partial charge is 0.364 e. The third-order valence-corrected chi connectivity index (χ3v) is 3.49. The molecule has 5 nitrogen and oxygen atoms in total. The fourth-order valence-corrected chi connectivity index (χ4v) is 2.28. The van der Waals surface area contributed by atoms with Crippen LogP contribution < -0.4 is 5.32 Å². The normalized spacial score (nSPS) is 16.4. The molecule has 1 aliphatic rings. The van der Waals surface area contributed by atoms with E-state index >= 15 is 0 Å². The van der Waals surface area contributed by atoms with Gasteiger partial charge in [-0.2, -0.15) is 15.1 Å². The van der Waals surface area contributed by atoms with Gasteiger partial charge < -0.3 is 5.32 Å². The molecular formula is C11H14ClN5. The van der Waals surface area contributed by atoms with Gasteiger partial charge in [-0.15, -0.1) is 0 Å². The Hall–Kier alpha value is -1.36. The summed E-state index contributed by atoms with van der Waals surface area (Å²) in [7, 11) is 0. The van der Waals surface area contributed by atoms with Gasteiger partial charge in [0.1, 0.15) is 5.82 Å². The van der Waals surface area contributed by atoms with Crippen molar-refractivity contribution in [3.8, 4) is 0 Å². The molecule has 1 fully saturated rings. The topological polar surface area (TPSA) is 66.5 Å². The van der Waals surface area contributed by atoms with Crippen LogP contribution in [0, 0.1) is 5.92 Å². The van der Waals surface area contributed by atoms with E-state index in [-0.39, 0.29) is 10.8 Å². The van der Waals surface area contributed by atoms with E-state index < -0.39 is 0 Å². The van der Waals surface area contributed by atoms with Crippen molar-refractivity contribution in [3.05, 3.63) is 11.5 Å². The fraction of sp³-hybridized carbons (Fsp3) is 0.545. The van der Waals surface area contributed by atoms with Crippen LogP contribution >= 0.6 is 11.6 Å². The maximum Gasteiger partial charge on any atom is 0.226 e. The Balaban J connectivity index is 2.01. The number of halogens is 1. The molecule has 17 heavy (non-hydrogen) atoms. The summed E-state index contributed by atoms with van der Waals surface area (Å²) in [4.78, 5) is 8.34. The van der Waals surface area contributed by atoms with Crippen molar-refractivity contribution >= 4 is 28.5 Å². The van der Waals surface area contributed by atoms with Crippen LogP contribution in [0.2, 0.25) is 5.28 Å². The molecule has 0 spiro atoms. The van der Waals surface area contributed by atoms with E-state index in [0.717, 1.165) is 11.2 Å². The molecule has 0 amide bonds. The summed E-state index contributed by atoms with van der Waals surface area (Å²) in [6, 6.07) is 0. The molecule has 2 heterocycles. The number of nitrogens with one attached hydrogen (secondary N) is 2. The molecule has 0 unspecified atom stereocenters. The van der Waals surface area contributed by atoms with Crippen LogP contribution in [0.15, 0.2) is 6.20 Å². The minimum Gasteiger partial charge on any atom is -0.364 e.